The number of pyridine rings is 1. The molecule has 0 saturated carbocycles. The van der Waals surface area contributed by atoms with Crippen LogP contribution in [0.15, 0.2) is 78.5 Å². The van der Waals surface area contributed by atoms with Crippen LogP contribution in [0.4, 0.5) is 0 Å². The van der Waals surface area contributed by atoms with Gasteiger partial charge in [0.05, 0.1) is 37.1 Å². The predicted octanol–water partition coefficient (Wildman–Crippen LogP) is 4.37. The van der Waals surface area contributed by atoms with Gasteiger partial charge in [-0.1, -0.05) is 42.5 Å². The molecule has 6 rings (SSSR count). The Kier molecular flexibility index (Phi) is 8.63. The average Bonchev–Trinajstić information content (AvgIpc) is 3.52. The number of aryl methyl sites for hydroxylation is 1. The number of carbonyl (C=O) groups is 2. The Morgan fingerprint density at radius 1 is 0.977 bits per heavy atom. The highest BCUT2D eigenvalue weighted by Gasteiger charge is 2.47. The van der Waals surface area contributed by atoms with Gasteiger partial charge < -0.3 is 24.2 Å². The number of benzene rings is 2. The molecule has 10 heteroatoms. The normalized spacial score (nSPS) is 18.7. The van der Waals surface area contributed by atoms with Gasteiger partial charge in [-0.3, -0.25) is 18.9 Å². The third-order valence-electron chi connectivity index (χ3n) is 8.05. The van der Waals surface area contributed by atoms with Gasteiger partial charge >= 0.3 is 0 Å². The summed E-state index contributed by atoms with van der Waals surface area (Å²) < 4.78 is 19.3. The summed E-state index contributed by atoms with van der Waals surface area (Å²) in [6, 6.07) is 19.9. The maximum absolute atomic E-state index is 13.7. The maximum Gasteiger partial charge on any atom is 0.295 e. The van der Waals surface area contributed by atoms with E-state index >= 15 is 0 Å². The highest BCUT2D eigenvalue weighted by molar-refractivity contribution is 6.46. The summed E-state index contributed by atoms with van der Waals surface area (Å²) in [5, 5.41) is 11.8. The second kappa shape index (κ2) is 12.9. The van der Waals surface area contributed by atoms with Crippen molar-refractivity contribution in [2.45, 2.75) is 26.5 Å². The fourth-order valence-electron chi connectivity index (χ4n) is 5.88. The standard InChI is InChI=1S/C34H36N4O6/c1-3-43-27-21-25(12-13-26(27)44-22-24-9-5-4-6-10-24)31-29(32(39)30-23(2)35-28-11-7-8-14-37(28)30)33(40)34(41)38(31)16-15-36-17-19-42-20-18-36/h4-14,21,31,39H,3,15-20,22H2,1-2H3/b32-29+. The lowest BCUT2D eigenvalue weighted by molar-refractivity contribution is -0.140. The lowest BCUT2D eigenvalue weighted by Gasteiger charge is -2.31. The van der Waals surface area contributed by atoms with Crippen LogP contribution in [-0.4, -0.2) is 82.0 Å². The van der Waals surface area contributed by atoms with Gasteiger partial charge in [0.2, 0.25) is 0 Å². The number of morpholine rings is 1. The molecule has 1 amide bonds. The van der Waals surface area contributed by atoms with Crippen LogP contribution < -0.4 is 9.47 Å². The van der Waals surface area contributed by atoms with Gasteiger partial charge in [0, 0.05) is 32.4 Å². The van der Waals surface area contributed by atoms with Crippen molar-refractivity contribution in [3.63, 3.8) is 0 Å². The van der Waals surface area contributed by atoms with Crippen molar-refractivity contribution in [3.05, 3.63) is 101 Å². The van der Waals surface area contributed by atoms with E-state index in [1.54, 1.807) is 34.6 Å². The van der Waals surface area contributed by atoms with Gasteiger partial charge in [-0.05, 0) is 49.2 Å². The van der Waals surface area contributed by atoms with E-state index in [2.05, 4.69) is 9.88 Å². The summed E-state index contributed by atoms with van der Waals surface area (Å²) in [5.74, 6) is -0.616. The highest BCUT2D eigenvalue weighted by Crippen LogP contribution is 2.42. The van der Waals surface area contributed by atoms with Crippen LogP contribution in [-0.2, 0) is 20.9 Å². The summed E-state index contributed by atoms with van der Waals surface area (Å²) in [4.78, 5) is 35.7. The Hall–Kier alpha value is -4.67. The molecule has 4 heterocycles. The van der Waals surface area contributed by atoms with Crippen molar-refractivity contribution in [2.75, 3.05) is 46.0 Å². The zero-order valence-electron chi connectivity index (χ0n) is 24.9. The fraction of sp³-hybridized carbons (Fsp3) is 0.324. The van der Waals surface area contributed by atoms with Crippen LogP contribution in [0.2, 0.25) is 0 Å². The molecule has 0 bridgehead atoms. The average molecular weight is 597 g/mol. The Bertz CT molecular complexity index is 1690. The van der Waals surface area contributed by atoms with Crippen molar-refractivity contribution in [3.8, 4) is 11.5 Å². The minimum Gasteiger partial charge on any atom is -0.505 e. The Morgan fingerprint density at radius 3 is 2.52 bits per heavy atom. The smallest absolute Gasteiger partial charge is 0.295 e. The number of nitrogens with zero attached hydrogens (tertiary/aromatic N) is 4. The predicted molar refractivity (Wildman–Crippen MR) is 165 cm³/mol. The van der Waals surface area contributed by atoms with Gasteiger partial charge in [0.15, 0.2) is 17.3 Å². The van der Waals surface area contributed by atoms with Crippen molar-refractivity contribution in [1.82, 2.24) is 19.2 Å². The second-order valence-corrected chi connectivity index (χ2v) is 10.8. The number of aromatic nitrogens is 2. The van der Waals surface area contributed by atoms with Crippen LogP contribution in [0.25, 0.3) is 11.4 Å². The molecule has 0 aliphatic carbocycles. The topological polar surface area (TPSA) is 106 Å². The minimum atomic E-state index is -0.841. The molecule has 44 heavy (non-hydrogen) atoms. The van der Waals surface area contributed by atoms with E-state index in [0.717, 1.165) is 18.7 Å². The van der Waals surface area contributed by atoms with Crippen LogP contribution in [0.3, 0.4) is 0 Å². The van der Waals surface area contributed by atoms with Gasteiger partial charge in [-0.15, -0.1) is 0 Å². The Morgan fingerprint density at radius 2 is 1.75 bits per heavy atom. The van der Waals surface area contributed by atoms with E-state index in [-0.39, 0.29) is 11.3 Å². The van der Waals surface area contributed by atoms with Crippen molar-refractivity contribution in [2.24, 2.45) is 0 Å². The molecule has 4 aromatic rings. The van der Waals surface area contributed by atoms with E-state index < -0.39 is 17.7 Å². The van der Waals surface area contributed by atoms with Crippen LogP contribution >= 0.6 is 0 Å². The van der Waals surface area contributed by atoms with Crippen LogP contribution in [0.1, 0.15) is 35.5 Å². The molecule has 2 saturated heterocycles. The lowest BCUT2D eigenvalue weighted by atomic mass is 9.96. The van der Waals surface area contributed by atoms with E-state index in [1.807, 2.05) is 61.5 Å². The number of amides is 1. The molecule has 1 unspecified atom stereocenters. The number of likely N-dealkylation sites (tertiary alicyclic amines) is 1. The number of imidazole rings is 1. The molecule has 2 aromatic heterocycles. The van der Waals surface area contributed by atoms with Crippen LogP contribution in [0.5, 0.6) is 11.5 Å². The number of ether oxygens (including phenoxy) is 3. The molecule has 0 spiro atoms. The fourth-order valence-corrected chi connectivity index (χ4v) is 5.88. The number of fused-ring (bicyclic) bond motifs is 1. The number of rotatable bonds is 10. The number of hydrogen-bond donors (Lipinski definition) is 1. The first-order valence-electron chi connectivity index (χ1n) is 14.9. The first-order valence-corrected chi connectivity index (χ1v) is 14.9. The molecular weight excluding hydrogens is 560 g/mol. The van der Waals surface area contributed by atoms with E-state index in [9.17, 15) is 14.7 Å². The third-order valence-corrected chi connectivity index (χ3v) is 8.05. The molecule has 1 atom stereocenters. The molecule has 10 nitrogen and oxygen atoms in total. The van der Waals surface area contributed by atoms with Gasteiger partial charge in [0.1, 0.15) is 17.9 Å². The summed E-state index contributed by atoms with van der Waals surface area (Å²) in [5.41, 5.74) is 3.22. The number of aliphatic hydroxyl groups excluding tert-OH is 1. The highest BCUT2D eigenvalue weighted by atomic mass is 16.5. The van der Waals surface area contributed by atoms with Crippen molar-refractivity contribution < 1.29 is 28.9 Å². The lowest BCUT2D eigenvalue weighted by Crippen LogP contribution is -2.42. The molecule has 228 valence electrons. The number of hydrogen-bond acceptors (Lipinski definition) is 8. The molecule has 0 radical (unpaired) electrons. The molecule has 2 aromatic carbocycles. The molecular formula is C34H36N4O6. The number of Topliss-reactive ketones (excluding diaryl/α,β-unsaturated/α-hetero) is 1. The SMILES string of the molecule is CCOc1cc(C2/C(=C(\O)c3c(C)nc4ccccn34)C(=O)C(=O)N2CCN2CCOCC2)ccc1OCc1ccccc1. The van der Waals surface area contributed by atoms with Crippen LogP contribution in [0, 0.1) is 6.92 Å². The Balaban J connectivity index is 1.42. The number of aliphatic hydroxyl groups is 1. The monoisotopic (exact) mass is 596 g/mol. The zero-order valence-corrected chi connectivity index (χ0v) is 24.9. The maximum atomic E-state index is 13.7. The molecule has 2 aliphatic heterocycles. The molecule has 2 aliphatic rings. The largest absolute Gasteiger partial charge is 0.505 e. The first-order chi connectivity index (χ1) is 21.5. The van der Waals surface area contributed by atoms with Gasteiger partial charge in [-0.25, -0.2) is 4.98 Å². The minimum absolute atomic E-state index is 0.0196. The molecule has 1 N–H and O–H groups in total. The van der Waals surface area contributed by atoms with Crippen molar-refractivity contribution in [1.29, 1.82) is 0 Å². The van der Waals surface area contributed by atoms with Crippen molar-refractivity contribution >= 4 is 23.1 Å². The van der Waals surface area contributed by atoms with E-state index in [0.29, 0.717) is 73.6 Å². The second-order valence-electron chi connectivity index (χ2n) is 10.8. The zero-order chi connectivity index (χ0) is 30.6. The first kappa shape index (κ1) is 29.4. The summed E-state index contributed by atoms with van der Waals surface area (Å²) in [7, 11) is 0. The number of ketones is 1. The van der Waals surface area contributed by atoms with E-state index in [1.165, 1.54) is 0 Å². The number of carbonyl (C=O) groups excluding carboxylic acids is 2. The summed E-state index contributed by atoms with van der Waals surface area (Å²) >= 11 is 0. The summed E-state index contributed by atoms with van der Waals surface area (Å²) in [6.45, 7) is 8.01. The van der Waals surface area contributed by atoms with E-state index in [4.69, 9.17) is 14.2 Å². The molecule has 2 fully saturated rings. The van der Waals surface area contributed by atoms with Gasteiger partial charge in [0.25, 0.3) is 11.7 Å². The van der Waals surface area contributed by atoms with Gasteiger partial charge in [-0.2, -0.15) is 0 Å². The summed E-state index contributed by atoms with van der Waals surface area (Å²) in [6.07, 6.45) is 1.78. The quantitative estimate of drug-likeness (QED) is 0.163. The Labute approximate surface area is 256 Å². The third kappa shape index (κ3) is 5.78.